The van der Waals surface area contributed by atoms with E-state index in [1.165, 1.54) is 16.8 Å². The minimum absolute atomic E-state index is 0.238. The number of aromatic nitrogens is 4. The van der Waals surface area contributed by atoms with Crippen LogP contribution in [0.5, 0.6) is 0 Å². The highest BCUT2D eigenvalue weighted by Gasteiger charge is 2.30. The van der Waals surface area contributed by atoms with Gasteiger partial charge in [-0.1, -0.05) is 0 Å². The van der Waals surface area contributed by atoms with Gasteiger partial charge in [0.2, 0.25) is 0 Å². The maximum atomic E-state index is 12.6. The summed E-state index contributed by atoms with van der Waals surface area (Å²) >= 11 is 0. The molecule has 23 heavy (non-hydrogen) atoms. The highest BCUT2D eigenvalue weighted by molar-refractivity contribution is 5.35. The maximum absolute atomic E-state index is 12.6. The molecule has 0 saturated carbocycles. The third-order valence-corrected chi connectivity index (χ3v) is 3.82. The highest BCUT2D eigenvalue weighted by atomic mass is 19.4. The van der Waals surface area contributed by atoms with Crippen molar-refractivity contribution < 1.29 is 17.9 Å². The molecular formula is C14H16F3N5O. The number of nitrogens with zero attached hydrogens (tertiary/aromatic N) is 5. The molecule has 0 unspecified atom stereocenters. The Kier molecular flexibility index (Phi) is 4.31. The molecule has 0 aliphatic carbocycles. The predicted octanol–water partition coefficient (Wildman–Crippen LogP) is 1.90. The van der Waals surface area contributed by atoms with Gasteiger partial charge in [0.05, 0.1) is 31.0 Å². The molecule has 124 valence electrons. The second-order valence-corrected chi connectivity index (χ2v) is 5.45. The van der Waals surface area contributed by atoms with E-state index in [-0.39, 0.29) is 6.04 Å². The van der Waals surface area contributed by atoms with Gasteiger partial charge in [-0.3, -0.25) is 4.90 Å². The van der Waals surface area contributed by atoms with Crippen LogP contribution in [0.2, 0.25) is 0 Å². The van der Waals surface area contributed by atoms with Gasteiger partial charge in [0.25, 0.3) is 0 Å². The third kappa shape index (κ3) is 3.50. The summed E-state index contributed by atoms with van der Waals surface area (Å²) < 4.78 is 44.7. The number of benzene rings is 1. The van der Waals surface area contributed by atoms with Crippen molar-refractivity contribution in [2.75, 3.05) is 19.8 Å². The van der Waals surface area contributed by atoms with E-state index in [0.29, 0.717) is 31.3 Å². The van der Waals surface area contributed by atoms with Crippen LogP contribution in [-0.4, -0.2) is 50.9 Å². The number of hydrogen-bond acceptors (Lipinski definition) is 5. The number of hydrogen-bond donors (Lipinski definition) is 0. The van der Waals surface area contributed by atoms with Crippen LogP contribution in [0.4, 0.5) is 13.2 Å². The summed E-state index contributed by atoms with van der Waals surface area (Å²) in [5.74, 6) is 0.582. The van der Waals surface area contributed by atoms with Crippen LogP contribution >= 0.6 is 0 Å². The zero-order valence-corrected chi connectivity index (χ0v) is 12.5. The molecule has 1 fully saturated rings. The topological polar surface area (TPSA) is 56.1 Å². The van der Waals surface area contributed by atoms with Gasteiger partial charge in [0, 0.05) is 12.6 Å². The van der Waals surface area contributed by atoms with Gasteiger partial charge in [-0.25, -0.2) is 0 Å². The molecular weight excluding hydrogens is 311 g/mol. The molecule has 0 radical (unpaired) electrons. The van der Waals surface area contributed by atoms with Crippen molar-refractivity contribution in [2.24, 2.45) is 0 Å². The van der Waals surface area contributed by atoms with Crippen molar-refractivity contribution in [3.8, 4) is 5.69 Å². The Morgan fingerprint density at radius 3 is 2.65 bits per heavy atom. The zero-order valence-electron chi connectivity index (χ0n) is 12.5. The standard InChI is InChI=1S/C14H16F3N5O/c1-10-9-23-7-6-21(10)8-13-18-19-20-22(13)12-4-2-11(3-5-12)14(15,16)17/h2-5,10H,6-9H2,1H3/t10-/m1/s1. The maximum Gasteiger partial charge on any atom is 0.416 e. The molecule has 9 heteroatoms. The molecule has 1 saturated heterocycles. The predicted molar refractivity (Wildman–Crippen MR) is 74.8 cm³/mol. The van der Waals surface area contributed by atoms with Gasteiger partial charge in [0.15, 0.2) is 5.82 Å². The number of morpholine rings is 1. The second-order valence-electron chi connectivity index (χ2n) is 5.45. The Bertz CT molecular complexity index is 655. The molecule has 2 aromatic rings. The lowest BCUT2D eigenvalue weighted by atomic mass is 10.2. The van der Waals surface area contributed by atoms with Crippen molar-refractivity contribution in [1.29, 1.82) is 0 Å². The number of ether oxygens (including phenoxy) is 1. The summed E-state index contributed by atoms with van der Waals surface area (Å²) in [5.41, 5.74) is -0.198. The summed E-state index contributed by atoms with van der Waals surface area (Å²) in [6.45, 7) is 4.61. The first-order chi connectivity index (χ1) is 10.9. The van der Waals surface area contributed by atoms with Crippen LogP contribution in [0, 0.1) is 0 Å². The quantitative estimate of drug-likeness (QED) is 0.862. The van der Waals surface area contributed by atoms with Crippen molar-refractivity contribution >= 4 is 0 Å². The number of tetrazole rings is 1. The summed E-state index contributed by atoms with van der Waals surface area (Å²) in [7, 11) is 0. The molecule has 6 nitrogen and oxygen atoms in total. The molecule has 0 spiro atoms. The van der Waals surface area contributed by atoms with E-state index in [1.54, 1.807) is 0 Å². The van der Waals surface area contributed by atoms with E-state index in [1.807, 2.05) is 6.92 Å². The molecule has 0 bridgehead atoms. The van der Waals surface area contributed by atoms with Crippen LogP contribution in [-0.2, 0) is 17.5 Å². The van der Waals surface area contributed by atoms with E-state index < -0.39 is 11.7 Å². The summed E-state index contributed by atoms with van der Waals surface area (Å²) in [4.78, 5) is 2.18. The molecule has 1 aliphatic heterocycles. The minimum atomic E-state index is -4.36. The molecule has 1 atom stereocenters. The van der Waals surface area contributed by atoms with E-state index in [4.69, 9.17) is 4.74 Å². The van der Waals surface area contributed by atoms with Crippen LogP contribution in [0.25, 0.3) is 5.69 Å². The largest absolute Gasteiger partial charge is 0.416 e. The number of halogens is 3. The average molecular weight is 327 g/mol. The van der Waals surface area contributed by atoms with Gasteiger partial charge >= 0.3 is 6.18 Å². The fourth-order valence-corrected chi connectivity index (χ4v) is 2.47. The van der Waals surface area contributed by atoms with E-state index >= 15 is 0 Å². The smallest absolute Gasteiger partial charge is 0.379 e. The molecule has 2 heterocycles. The Labute approximate surface area is 130 Å². The Hall–Kier alpha value is -2.00. The monoisotopic (exact) mass is 327 g/mol. The summed E-state index contributed by atoms with van der Waals surface area (Å²) in [6.07, 6.45) is -4.36. The van der Waals surface area contributed by atoms with E-state index in [0.717, 1.165) is 18.7 Å². The SMILES string of the molecule is C[C@@H]1COCCN1Cc1nnnn1-c1ccc(C(F)(F)F)cc1. The first kappa shape index (κ1) is 15.9. The van der Waals surface area contributed by atoms with Gasteiger partial charge in [-0.05, 0) is 41.6 Å². The number of alkyl halides is 3. The van der Waals surface area contributed by atoms with Crippen LogP contribution in [0.3, 0.4) is 0 Å². The fourth-order valence-electron chi connectivity index (χ4n) is 2.47. The Morgan fingerprint density at radius 1 is 1.26 bits per heavy atom. The fraction of sp³-hybridized carbons (Fsp3) is 0.500. The van der Waals surface area contributed by atoms with E-state index in [2.05, 4.69) is 20.4 Å². The normalized spacial score (nSPS) is 19.9. The molecule has 0 amide bonds. The molecule has 1 aromatic heterocycles. The summed E-state index contributed by atoms with van der Waals surface area (Å²) in [5, 5.41) is 11.5. The van der Waals surface area contributed by atoms with E-state index in [9.17, 15) is 13.2 Å². The van der Waals surface area contributed by atoms with Crippen molar-refractivity contribution in [2.45, 2.75) is 25.7 Å². The molecule has 0 N–H and O–H groups in total. The van der Waals surface area contributed by atoms with Crippen LogP contribution < -0.4 is 0 Å². The lowest BCUT2D eigenvalue weighted by Crippen LogP contribution is -2.43. The minimum Gasteiger partial charge on any atom is -0.379 e. The van der Waals surface area contributed by atoms with Gasteiger partial charge < -0.3 is 4.74 Å². The van der Waals surface area contributed by atoms with Crippen molar-refractivity contribution in [3.63, 3.8) is 0 Å². The zero-order chi connectivity index (χ0) is 16.4. The lowest BCUT2D eigenvalue weighted by molar-refractivity contribution is -0.137. The Balaban J connectivity index is 1.80. The second kappa shape index (κ2) is 6.25. The van der Waals surface area contributed by atoms with Gasteiger partial charge in [-0.15, -0.1) is 5.10 Å². The Morgan fingerprint density at radius 2 is 2.00 bits per heavy atom. The van der Waals surface area contributed by atoms with Crippen LogP contribution in [0.15, 0.2) is 24.3 Å². The highest BCUT2D eigenvalue weighted by Crippen LogP contribution is 2.29. The summed E-state index contributed by atoms with van der Waals surface area (Å²) in [6, 6.07) is 5.02. The molecule has 3 rings (SSSR count). The lowest BCUT2D eigenvalue weighted by Gasteiger charge is -2.32. The average Bonchev–Trinajstić information content (AvgIpc) is 2.97. The van der Waals surface area contributed by atoms with Crippen molar-refractivity contribution in [3.05, 3.63) is 35.7 Å². The number of rotatable bonds is 3. The first-order valence-electron chi connectivity index (χ1n) is 7.22. The molecule has 1 aromatic carbocycles. The van der Waals surface area contributed by atoms with Crippen molar-refractivity contribution in [1.82, 2.24) is 25.1 Å². The van der Waals surface area contributed by atoms with Gasteiger partial charge in [-0.2, -0.15) is 17.9 Å². The first-order valence-corrected chi connectivity index (χ1v) is 7.22. The third-order valence-electron chi connectivity index (χ3n) is 3.82. The van der Waals surface area contributed by atoms with Gasteiger partial charge in [0.1, 0.15) is 0 Å². The molecule has 1 aliphatic rings. The van der Waals surface area contributed by atoms with Crippen LogP contribution in [0.1, 0.15) is 18.3 Å².